The Balaban J connectivity index is 1.72. The summed E-state index contributed by atoms with van der Waals surface area (Å²) in [6, 6.07) is 18.6. The molecular weight excluding hydrogens is 370 g/mol. The molecule has 1 aliphatic heterocycles. The monoisotopic (exact) mass is 387 g/mol. The lowest BCUT2D eigenvalue weighted by molar-refractivity contribution is -0.122. The molecule has 0 bridgehead atoms. The molecule has 0 radical (unpaired) electrons. The summed E-state index contributed by atoms with van der Waals surface area (Å²) in [5.74, 6) is -0.679. The third-order valence-electron chi connectivity index (χ3n) is 4.54. The van der Waals surface area contributed by atoms with Crippen molar-refractivity contribution in [2.75, 3.05) is 12.0 Å². The number of anilines is 1. The molecule has 1 aliphatic rings. The fourth-order valence-corrected chi connectivity index (χ4v) is 3.11. The van der Waals surface area contributed by atoms with Gasteiger partial charge >= 0.3 is 6.03 Å². The van der Waals surface area contributed by atoms with Crippen molar-refractivity contribution in [2.24, 2.45) is 0 Å². The van der Waals surface area contributed by atoms with E-state index in [-0.39, 0.29) is 5.57 Å². The lowest BCUT2D eigenvalue weighted by atomic mass is 10.1. The van der Waals surface area contributed by atoms with Crippen LogP contribution in [0.25, 0.3) is 11.8 Å². The van der Waals surface area contributed by atoms with Gasteiger partial charge < -0.3 is 9.30 Å². The molecule has 0 saturated carbocycles. The molecule has 2 heterocycles. The highest BCUT2D eigenvalue weighted by Crippen LogP contribution is 2.23. The van der Waals surface area contributed by atoms with Crippen LogP contribution in [-0.2, 0) is 9.59 Å². The van der Waals surface area contributed by atoms with Gasteiger partial charge in [-0.15, -0.1) is 0 Å². The van der Waals surface area contributed by atoms with Crippen molar-refractivity contribution < 1.29 is 19.1 Å². The highest BCUT2D eigenvalue weighted by atomic mass is 16.5. The van der Waals surface area contributed by atoms with E-state index in [4.69, 9.17) is 4.74 Å². The number of nitrogens with zero attached hydrogens (tertiary/aromatic N) is 2. The van der Waals surface area contributed by atoms with Crippen LogP contribution < -0.4 is 15.0 Å². The molecule has 0 spiro atoms. The molecule has 1 saturated heterocycles. The van der Waals surface area contributed by atoms with E-state index in [0.29, 0.717) is 11.4 Å². The van der Waals surface area contributed by atoms with Gasteiger partial charge in [-0.25, -0.2) is 9.69 Å². The highest BCUT2D eigenvalue weighted by Gasteiger charge is 2.36. The quantitative estimate of drug-likeness (QED) is 0.551. The van der Waals surface area contributed by atoms with E-state index in [1.807, 2.05) is 41.1 Å². The van der Waals surface area contributed by atoms with Gasteiger partial charge in [0.2, 0.25) is 0 Å². The molecule has 4 amide bonds. The Hall–Kier alpha value is -4.13. The van der Waals surface area contributed by atoms with E-state index in [0.717, 1.165) is 16.3 Å². The van der Waals surface area contributed by atoms with Gasteiger partial charge in [-0.1, -0.05) is 18.2 Å². The number of hydrogen-bond donors (Lipinski definition) is 1. The number of carbonyl (C=O) groups is 3. The zero-order valence-electron chi connectivity index (χ0n) is 15.5. The molecule has 7 heteroatoms. The molecule has 144 valence electrons. The second kappa shape index (κ2) is 7.47. The largest absolute Gasteiger partial charge is 0.497 e. The van der Waals surface area contributed by atoms with Gasteiger partial charge in [-0.05, 0) is 54.6 Å². The van der Waals surface area contributed by atoms with Gasteiger partial charge in [-0.2, -0.15) is 0 Å². The first-order chi connectivity index (χ1) is 14.1. The minimum atomic E-state index is -0.770. The van der Waals surface area contributed by atoms with Crippen LogP contribution in [0.1, 0.15) is 5.69 Å². The zero-order chi connectivity index (χ0) is 20.4. The molecule has 2 aromatic carbocycles. The van der Waals surface area contributed by atoms with Crippen molar-refractivity contribution in [3.63, 3.8) is 0 Å². The maximum atomic E-state index is 13.0. The van der Waals surface area contributed by atoms with Crippen LogP contribution in [0.3, 0.4) is 0 Å². The van der Waals surface area contributed by atoms with E-state index in [1.54, 1.807) is 43.5 Å². The minimum absolute atomic E-state index is 0.123. The van der Waals surface area contributed by atoms with Crippen molar-refractivity contribution in [1.29, 1.82) is 0 Å². The maximum Gasteiger partial charge on any atom is 0.335 e. The molecule has 0 unspecified atom stereocenters. The van der Waals surface area contributed by atoms with Crippen LogP contribution in [0, 0.1) is 0 Å². The predicted octanol–water partition coefficient (Wildman–Crippen LogP) is 3.15. The third-order valence-corrected chi connectivity index (χ3v) is 4.54. The number of ether oxygens (including phenoxy) is 1. The standard InChI is InChI=1S/C22H17N3O4/c1-29-18-11-9-15(10-12-18)24-13-5-8-17(24)14-19-20(26)23-22(28)25(21(19)27)16-6-3-2-4-7-16/h2-14H,1H3,(H,23,26,28). The number of nitrogens with one attached hydrogen (secondary N) is 1. The predicted molar refractivity (Wildman–Crippen MR) is 108 cm³/mol. The Kier molecular flexibility index (Phi) is 4.70. The van der Waals surface area contributed by atoms with E-state index in [2.05, 4.69) is 5.32 Å². The molecule has 7 nitrogen and oxygen atoms in total. The summed E-state index contributed by atoms with van der Waals surface area (Å²) in [6.45, 7) is 0. The molecule has 4 rings (SSSR count). The van der Waals surface area contributed by atoms with Crippen LogP contribution in [0.4, 0.5) is 10.5 Å². The van der Waals surface area contributed by atoms with E-state index in [9.17, 15) is 14.4 Å². The normalized spacial score (nSPS) is 15.6. The number of imide groups is 2. The van der Waals surface area contributed by atoms with Gasteiger partial charge in [0, 0.05) is 17.6 Å². The Labute approximate surface area is 166 Å². The van der Waals surface area contributed by atoms with Crippen molar-refractivity contribution in [3.05, 3.63) is 84.2 Å². The number of benzene rings is 2. The lowest BCUT2D eigenvalue weighted by Crippen LogP contribution is -2.54. The summed E-state index contributed by atoms with van der Waals surface area (Å²) >= 11 is 0. The minimum Gasteiger partial charge on any atom is -0.497 e. The summed E-state index contributed by atoms with van der Waals surface area (Å²) in [5.41, 5.74) is 1.72. The zero-order valence-corrected chi connectivity index (χ0v) is 15.5. The smallest absolute Gasteiger partial charge is 0.335 e. The number of para-hydroxylation sites is 1. The Morgan fingerprint density at radius 1 is 0.862 bits per heavy atom. The Morgan fingerprint density at radius 3 is 2.28 bits per heavy atom. The second-order valence-electron chi connectivity index (χ2n) is 6.29. The molecular formula is C22H17N3O4. The topological polar surface area (TPSA) is 80.6 Å². The SMILES string of the molecule is COc1ccc(-n2cccc2C=C2C(=O)NC(=O)N(c3ccccc3)C2=O)cc1. The van der Waals surface area contributed by atoms with Crippen LogP contribution in [0.15, 0.2) is 78.5 Å². The van der Waals surface area contributed by atoms with Crippen LogP contribution >= 0.6 is 0 Å². The van der Waals surface area contributed by atoms with Gasteiger partial charge in [0.05, 0.1) is 12.8 Å². The van der Waals surface area contributed by atoms with Gasteiger partial charge in [0.1, 0.15) is 11.3 Å². The first-order valence-corrected chi connectivity index (χ1v) is 8.87. The van der Waals surface area contributed by atoms with Crippen molar-refractivity contribution in [1.82, 2.24) is 9.88 Å². The van der Waals surface area contributed by atoms with Crippen LogP contribution in [0.2, 0.25) is 0 Å². The second-order valence-corrected chi connectivity index (χ2v) is 6.29. The van der Waals surface area contributed by atoms with Crippen LogP contribution in [0.5, 0.6) is 5.75 Å². The first-order valence-electron chi connectivity index (χ1n) is 8.87. The molecule has 29 heavy (non-hydrogen) atoms. The van der Waals surface area contributed by atoms with Crippen molar-refractivity contribution in [2.45, 2.75) is 0 Å². The van der Waals surface area contributed by atoms with E-state index >= 15 is 0 Å². The average molecular weight is 387 g/mol. The van der Waals surface area contributed by atoms with E-state index in [1.165, 1.54) is 6.08 Å². The van der Waals surface area contributed by atoms with Gasteiger partial charge in [0.15, 0.2) is 0 Å². The highest BCUT2D eigenvalue weighted by molar-refractivity contribution is 6.39. The van der Waals surface area contributed by atoms with Crippen LogP contribution in [-0.4, -0.2) is 29.5 Å². The van der Waals surface area contributed by atoms with Gasteiger partial charge in [-0.3, -0.25) is 14.9 Å². The number of amides is 4. The number of barbiturate groups is 1. The number of rotatable bonds is 4. The molecule has 0 atom stereocenters. The summed E-state index contributed by atoms with van der Waals surface area (Å²) in [5, 5.41) is 2.23. The van der Waals surface area contributed by atoms with Crippen molar-refractivity contribution in [3.8, 4) is 11.4 Å². The first kappa shape index (κ1) is 18.2. The number of hydrogen-bond acceptors (Lipinski definition) is 4. The Morgan fingerprint density at radius 2 is 1.59 bits per heavy atom. The summed E-state index contributed by atoms with van der Waals surface area (Å²) in [6.07, 6.45) is 3.30. The van der Waals surface area contributed by atoms with Gasteiger partial charge in [0.25, 0.3) is 11.8 Å². The lowest BCUT2D eigenvalue weighted by Gasteiger charge is -2.26. The number of aromatic nitrogens is 1. The number of urea groups is 1. The number of methoxy groups -OCH3 is 1. The Bertz CT molecular complexity index is 1110. The summed E-state index contributed by atoms with van der Waals surface area (Å²) in [4.78, 5) is 38.5. The fourth-order valence-electron chi connectivity index (χ4n) is 3.11. The fraction of sp³-hybridized carbons (Fsp3) is 0.0455. The maximum absolute atomic E-state index is 13.0. The molecule has 0 aliphatic carbocycles. The summed E-state index contributed by atoms with van der Waals surface area (Å²) in [7, 11) is 1.59. The average Bonchev–Trinajstić information content (AvgIpc) is 3.20. The summed E-state index contributed by atoms with van der Waals surface area (Å²) < 4.78 is 7.00. The molecule has 1 fully saturated rings. The van der Waals surface area contributed by atoms with E-state index < -0.39 is 17.8 Å². The van der Waals surface area contributed by atoms with Crippen molar-refractivity contribution >= 4 is 29.6 Å². The third kappa shape index (κ3) is 3.41. The molecule has 3 aromatic rings. The molecule has 1 aromatic heterocycles. The number of carbonyl (C=O) groups excluding carboxylic acids is 3. The molecule has 1 N–H and O–H groups in total.